The summed E-state index contributed by atoms with van der Waals surface area (Å²) in [6, 6.07) is -0.119. The quantitative estimate of drug-likeness (QED) is 0.560. The van der Waals surface area contributed by atoms with Crippen LogP contribution in [-0.2, 0) is 4.79 Å². The number of hydrogen-bond acceptors (Lipinski definition) is 3. The second kappa shape index (κ2) is 5.00. The summed E-state index contributed by atoms with van der Waals surface area (Å²) in [6.07, 6.45) is 5.11. The van der Waals surface area contributed by atoms with Gasteiger partial charge in [0, 0.05) is 24.5 Å². The highest BCUT2D eigenvalue weighted by molar-refractivity contribution is 6.18. The van der Waals surface area contributed by atoms with Gasteiger partial charge in [0.05, 0.1) is 0 Å². The number of fused-ring (bicyclic) bond motifs is 1. The van der Waals surface area contributed by atoms with Crippen LogP contribution in [-0.4, -0.2) is 35.5 Å². The number of alkyl halides is 1. The van der Waals surface area contributed by atoms with Crippen LogP contribution in [0.1, 0.15) is 32.6 Å². The molecule has 0 spiro atoms. The lowest BCUT2D eigenvalue weighted by molar-refractivity contribution is -0.110. The zero-order valence-electron chi connectivity index (χ0n) is 9.58. The van der Waals surface area contributed by atoms with E-state index < -0.39 is 0 Å². The molecule has 0 amide bonds. The first-order chi connectivity index (χ1) is 7.77. The molecule has 1 saturated heterocycles. The molecule has 4 heteroatoms. The summed E-state index contributed by atoms with van der Waals surface area (Å²) >= 11 is 5.78. The minimum absolute atomic E-state index is 0.119. The Bertz CT molecular complexity index is 349. The molecular formula is C12H17ClN2O. The number of piperidine rings is 1. The van der Waals surface area contributed by atoms with Gasteiger partial charge < -0.3 is 9.69 Å². The van der Waals surface area contributed by atoms with Crippen molar-refractivity contribution in [1.82, 2.24) is 4.90 Å². The SMILES string of the molecule is CC1=C(CCCl)C(C=O)N2CCCCC2=N1. The zero-order chi connectivity index (χ0) is 11.5. The Balaban J connectivity index is 2.32. The van der Waals surface area contributed by atoms with Crippen LogP contribution >= 0.6 is 11.6 Å². The van der Waals surface area contributed by atoms with Gasteiger partial charge in [0.1, 0.15) is 18.2 Å². The van der Waals surface area contributed by atoms with Crippen molar-refractivity contribution in [2.75, 3.05) is 12.4 Å². The number of allylic oxidation sites excluding steroid dienone is 1. The third kappa shape index (κ3) is 2.01. The number of carbonyl (C=O) groups is 1. The second-order valence-electron chi connectivity index (χ2n) is 4.31. The van der Waals surface area contributed by atoms with E-state index in [1.807, 2.05) is 6.92 Å². The average molecular weight is 241 g/mol. The van der Waals surface area contributed by atoms with Gasteiger partial charge in [0.15, 0.2) is 0 Å². The van der Waals surface area contributed by atoms with E-state index in [9.17, 15) is 4.79 Å². The Morgan fingerprint density at radius 2 is 2.38 bits per heavy atom. The summed E-state index contributed by atoms with van der Waals surface area (Å²) in [7, 11) is 0. The van der Waals surface area contributed by atoms with Crippen molar-refractivity contribution >= 4 is 23.7 Å². The van der Waals surface area contributed by atoms with Gasteiger partial charge in [0.25, 0.3) is 0 Å². The van der Waals surface area contributed by atoms with Gasteiger partial charge in [-0.2, -0.15) is 0 Å². The Hall–Kier alpha value is -0.830. The van der Waals surface area contributed by atoms with Gasteiger partial charge in [-0.3, -0.25) is 0 Å². The molecule has 2 rings (SSSR count). The molecule has 0 saturated carbocycles. The smallest absolute Gasteiger partial charge is 0.146 e. The number of amidine groups is 1. The minimum atomic E-state index is -0.119. The van der Waals surface area contributed by atoms with Crippen LogP contribution in [0.15, 0.2) is 16.3 Å². The largest absolute Gasteiger partial charge is 0.346 e. The maximum atomic E-state index is 11.3. The summed E-state index contributed by atoms with van der Waals surface area (Å²) < 4.78 is 0. The lowest BCUT2D eigenvalue weighted by Crippen LogP contribution is -2.47. The second-order valence-corrected chi connectivity index (χ2v) is 4.69. The molecule has 0 radical (unpaired) electrons. The van der Waals surface area contributed by atoms with Gasteiger partial charge in [-0.15, -0.1) is 11.6 Å². The van der Waals surface area contributed by atoms with Gasteiger partial charge >= 0.3 is 0 Å². The third-order valence-corrected chi connectivity index (χ3v) is 3.52. The highest BCUT2D eigenvalue weighted by atomic mass is 35.5. The van der Waals surface area contributed by atoms with E-state index in [4.69, 9.17) is 11.6 Å². The monoisotopic (exact) mass is 240 g/mol. The van der Waals surface area contributed by atoms with Gasteiger partial charge in [-0.25, -0.2) is 4.99 Å². The molecule has 0 N–H and O–H groups in total. The molecule has 2 aliphatic rings. The molecule has 2 heterocycles. The van der Waals surface area contributed by atoms with Crippen molar-refractivity contribution in [3.63, 3.8) is 0 Å². The first-order valence-corrected chi connectivity index (χ1v) is 6.36. The lowest BCUT2D eigenvalue weighted by atomic mass is 9.96. The Morgan fingerprint density at radius 1 is 1.56 bits per heavy atom. The predicted molar refractivity (Wildman–Crippen MR) is 65.9 cm³/mol. The van der Waals surface area contributed by atoms with Crippen LogP contribution < -0.4 is 0 Å². The van der Waals surface area contributed by atoms with Crippen LogP contribution in [0.4, 0.5) is 0 Å². The predicted octanol–water partition coefficient (Wildman–Crippen LogP) is 2.35. The van der Waals surface area contributed by atoms with Gasteiger partial charge in [-0.05, 0) is 31.8 Å². The number of hydrogen-bond donors (Lipinski definition) is 0. The van der Waals surface area contributed by atoms with Gasteiger partial charge in [0.2, 0.25) is 0 Å². The molecule has 1 unspecified atom stereocenters. The first kappa shape index (κ1) is 11.6. The Labute approximate surface area is 101 Å². The molecule has 2 aliphatic heterocycles. The average Bonchev–Trinajstić information content (AvgIpc) is 2.30. The fourth-order valence-corrected chi connectivity index (χ4v) is 2.71. The van der Waals surface area contributed by atoms with Crippen LogP contribution in [0.25, 0.3) is 0 Å². The summed E-state index contributed by atoms with van der Waals surface area (Å²) in [5.41, 5.74) is 2.08. The number of halogens is 1. The number of aldehydes is 1. The Kier molecular flexibility index (Phi) is 3.64. The van der Waals surface area contributed by atoms with Crippen molar-refractivity contribution in [3.05, 3.63) is 11.3 Å². The highest BCUT2D eigenvalue weighted by Gasteiger charge is 2.31. The van der Waals surface area contributed by atoms with E-state index >= 15 is 0 Å². The van der Waals surface area contributed by atoms with E-state index in [1.54, 1.807) is 0 Å². The fraction of sp³-hybridized carbons (Fsp3) is 0.667. The van der Waals surface area contributed by atoms with Crippen molar-refractivity contribution in [2.24, 2.45) is 4.99 Å². The van der Waals surface area contributed by atoms with Crippen LogP contribution in [0.3, 0.4) is 0 Å². The summed E-state index contributed by atoms with van der Waals surface area (Å²) in [4.78, 5) is 18.0. The number of rotatable bonds is 3. The molecule has 16 heavy (non-hydrogen) atoms. The molecule has 3 nitrogen and oxygen atoms in total. The van der Waals surface area contributed by atoms with Crippen LogP contribution in [0, 0.1) is 0 Å². The zero-order valence-corrected chi connectivity index (χ0v) is 10.3. The van der Waals surface area contributed by atoms with Crippen molar-refractivity contribution in [1.29, 1.82) is 0 Å². The summed E-state index contributed by atoms with van der Waals surface area (Å²) in [5.74, 6) is 1.63. The van der Waals surface area contributed by atoms with Gasteiger partial charge in [-0.1, -0.05) is 0 Å². The normalized spacial score (nSPS) is 25.2. The molecule has 88 valence electrons. The van der Waals surface area contributed by atoms with Crippen molar-refractivity contribution in [3.8, 4) is 0 Å². The fourth-order valence-electron chi connectivity index (χ4n) is 2.51. The lowest BCUT2D eigenvalue weighted by Gasteiger charge is -2.39. The van der Waals surface area contributed by atoms with E-state index in [0.717, 1.165) is 49.2 Å². The Morgan fingerprint density at radius 3 is 3.06 bits per heavy atom. The molecule has 0 aliphatic carbocycles. The molecule has 0 aromatic rings. The molecule has 0 aromatic carbocycles. The van der Waals surface area contributed by atoms with Crippen LogP contribution in [0.5, 0.6) is 0 Å². The first-order valence-electron chi connectivity index (χ1n) is 5.83. The van der Waals surface area contributed by atoms with Crippen LogP contribution in [0.2, 0.25) is 0 Å². The minimum Gasteiger partial charge on any atom is -0.346 e. The summed E-state index contributed by atoms with van der Waals surface area (Å²) in [6.45, 7) is 2.93. The van der Waals surface area contributed by atoms with E-state index in [-0.39, 0.29) is 6.04 Å². The van der Waals surface area contributed by atoms with E-state index in [2.05, 4.69) is 9.89 Å². The van der Waals surface area contributed by atoms with E-state index in [1.165, 1.54) is 6.42 Å². The number of carbonyl (C=O) groups excluding carboxylic acids is 1. The highest BCUT2D eigenvalue weighted by Crippen LogP contribution is 2.28. The number of nitrogens with zero attached hydrogens (tertiary/aromatic N) is 2. The molecule has 1 fully saturated rings. The molecular weight excluding hydrogens is 224 g/mol. The van der Waals surface area contributed by atoms with Crippen molar-refractivity contribution < 1.29 is 4.79 Å². The van der Waals surface area contributed by atoms with Crippen molar-refractivity contribution in [2.45, 2.75) is 38.6 Å². The number of aliphatic imine (C=N–C) groups is 1. The third-order valence-electron chi connectivity index (χ3n) is 3.33. The molecule has 0 bridgehead atoms. The van der Waals surface area contributed by atoms with E-state index in [0.29, 0.717) is 5.88 Å². The molecule has 0 aromatic heterocycles. The topological polar surface area (TPSA) is 32.7 Å². The maximum Gasteiger partial charge on any atom is 0.146 e. The summed E-state index contributed by atoms with van der Waals surface area (Å²) in [5, 5.41) is 0. The maximum absolute atomic E-state index is 11.3. The molecule has 1 atom stereocenters. The standard InChI is InChI=1S/C12H17ClN2O/c1-9-10(5-6-13)11(8-16)15-7-3-2-4-12(15)14-9/h8,11H,2-7H2,1H3.